The number of hydrogen-bond acceptors (Lipinski definition) is 2. The topological polar surface area (TPSA) is 18.5 Å². The zero-order valence-electron chi connectivity index (χ0n) is 12.8. The fourth-order valence-electron chi connectivity index (χ4n) is 3.40. The second kappa shape index (κ2) is 6.18. The fraction of sp³-hybridized carbons (Fsp3) is 0.500. The first-order chi connectivity index (χ1) is 11.1. The summed E-state index contributed by atoms with van der Waals surface area (Å²) in [7, 11) is 1.60. The highest BCUT2D eigenvalue weighted by atomic mass is 35.5. The Hall–Kier alpha value is 0.300. The SMILES string of the molecule is COc1ccc(O[C@@H](C)[C@H]2C[C@@]3(Cl)C(Cl)=C(Cl)[C@]2(Cl)C3(Cl)Cl)cc1. The maximum atomic E-state index is 6.78. The number of ether oxygens (including phenoxy) is 2. The number of allylic oxidation sites excluding steroid dienone is 2. The Labute approximate surface area is 170 Å². The van der Waals surface area contributed by atoms with E-state index in [9.17, 15) is 0 Å². The molecule has 0 heterocycles. The van der Waals surface area contributed by atoms with Crippen LogP contribution in [0.3, 0.4) is 0 Å². The number of halogens is 6. The first kappa shape index (κ1) is 19.1. The minimum atomic E-state index is -1.53. The normalized spacial score (nSPS) is 35.2. The van der Waals surface area contributed by atoms with Crippen molar-refractivity contribution in [2.24, 2.45) is 5.92 Å². The summed E-state index contributed by atoms with van der Waals surface area (Å²) in [4.78, 5) is -2.53. The molecule has 0 unspecified atom stereocenters. The third-order valence-corrected chi connectivity index (χ3v) is 9.07. The Balaban J connectivity index is 1.88. The van der Waals surface area contributed by atoms with Crippen molar-refractivity contribution < 1.29 is 9.47 Å². The Morgan fingerprint density at radius 2 is 1.54 bits per heavy atom. The molecule has 1 aromatic carbocycles. The van der Waals surface area contributed by atoms with Crippen LogP contribution in [0.1, 0.15) is 13.3 Å². The molecule has 0 amide bonds. The van der Waals surface area contributed by atoms with Gasteiger partial charge in [-0.15, -0.1) is 23.2 Å². The minimum Gasteiger partial charge on any atom is -0.497 e. The van der Waals surface area contributed by atoms with Gasteiger partial charge in [0.1, 0.15) is 27.4 Å². The molecule has 132 valence electrons. The van der Waals surface area contributed by atoms with Crippen molar-refractivity contribution in [2.75, 3.05) is 7.11 Å². The van der Waals surface area contributed by atoms with Crippen molar-refractivity contribution in [3.05, 3.63) is 34.3 Å². The standard InChI is InChI=1S/C16H14Cl6O2/c1-8(24-10-5-3-9(23-2)4-6-10)11-7-14(19)12(17)13(18)15(11,20)16(14,21)22/h3-6,8,11H,7H2,1-2H3/t8-,11+,14+,15-/m0/s1. The van der Waals surface area contributed by atoms with Crippen LogP contribution in [0.5, 0.6) is 11.5 Å². The van der Waals surface area contributed by atoms with Gasteiger partial charge in [0, 0.05) is 5.92 Å². The Bertz CT molecular complexity index is 688. The van der Waals surface area contributed by atoms with E-state index >= 15 is 0 Å². The quantitative estimate of drug-likeness (QED) is 0.500. The molecule has 0 aliphatic heterocycles. The molecule has 0 aromatic heterocycles. The fourth-order valence-corrected chi connectivity index (χ4v) is 6.28. The molecular formula is C16H14Cl6O2. The number of benzene rings is 1. The van der Waals surface area contributed by atoms with Crippen LogP contribution in [-0.4, -0.2) is 27.3 Å². The van der Waals surface area contributed by atoms with Crippen LogP contribution in [0.15, 0.2) is 34.3 Å². The van der Waals surface area contributed by atoms with E-state index in [0.717, 1.165) is 5.75 Å². The monoisotopic (exact) mass is 448 g/mol. The Morgan fingerprint density at radius 1 is 1.00 bits per heavy atom. The molecule has 1 aromatic rings. The number of fused-ring (bicyclic) bond motifs is 2. The van der Waals surface area contributed by atoms with Crippen LogP contribution in [0.25, 0.3) is 0 Å². The van der Waals surface area contributed by atoms with Gasteiger partial charge in [-0.2, -0.15) is 0 Å². The molecule has 2 bridgehead atoms. The van der Waals surface area contributed by atoms with E-state index in [2.05, 4.69) is 0 Å². The van der Waals surface area contributed by atoms with Crippen LogP contribution in [0.4, 0.5) is 0 Å². The summed E-state index contributed by atoms with van der Waals surface area (Å²) >= 11 is 39.0. The molecule has 2 nitrogen and oxygen atoms in total. The molecule has 0 N–H and O–H groups in total. The van der Waals surface area contributed by atoms with Crippen molar-refractivity contribution in [1.82, 2.24) is 0 Å². The first-order valence-electron chi connectivity index (χ1n) is 7.22. The van der Waals surface area contributed by atoms with Gasteiger partial charge in [0.15, 0.2) is 4.33 Å². The maximum Gasteiger partial charge on any atom is 0.166 e. The molecule has 2 aliphatic carbocycles. The van der Waals surface area contributed by atoms with Gasteiger partial charge in [0.05, 0.1) is 17.2 Å². The van der Waals surface area contributed by atoms with Gasteiger partial charge in [-0.05, 0) is 37.6 Å². The number of methoxy groups -OCH3 is 1. The van der Waals surface area contributed by atoms with Crippen LogP contribution in [0, 0.1) is 5.92 Å². The van der Waals surface area contributed by atoms with Crippen LogP contribution in [0.2, 0.25) is 0 Å². The van der Waals surface area contributed by atoms with E-state index in [1.54, 1.807) is 31.4 Å². The zero-order valence-corrected chi connectivity index (χ0v) is 17.3. The van der Waals surface area contributed by atoms with E-state index in [4.69, 9.17) is 79.1 Å². The summed E-state index contributed by atoms with van der Waals surface area (Å²) in [5, 5.41) is 0.394. The van der Waals surface area contributed by atoms with Crippen molar-refractivity contribution in [1.29, 1.82) is 0 Å². The molecule has 8 heteroatoms. The predicted octanol–water partition coefficient (Wildman–Crippen LogP) is 6.31. The van der Waals surface area contributed by atoms with Gasteiger partial charge >= 0.3 is 0 Å². The predicted molar refractivity (Wildman–Crippen MR) is 102 cm³/mol. The maximum absolute atomic E-state index is 6.78. The van der Waals surface area contributed by atoms with Gasteiger partial charge < -0.3 is 9.47 Å². The Morgan fingerprint density at radius 3 is 2.00 bits per heavy atom. The third-order valence-electron chi connectivity index (χ3n) is 4.77. The highest BCUT2D eigenvalue weighted by molar-refractivity contribution is 6.65. The summed E-state index contributed by atoms with van der Waals surface area (Å²) in [6, 6.07) is 7.22. The van der Waals surface area contributed by atoms with Crippen molar-refractivity contribution in [2.45, 2.75) is 33.5 Å². The smallest absolute Gasteiger partial charge is 0.166 e. The summed E-state index contributed by atoms with van der Waals surface area (Å²) in [6.07, 6.45) is 0.0177. The second-order valence-corrected chi connectivity index (χ2v) is 9.35. The van der Waals surface area contributed by atoms with Gasteiger partial charge in [-0.3, -0.25) is 0 Å². The number of hydrogen-bond donors (Lipinski definition) is 0. The van der Waals surface area contributed by atoms with Crippen molar-refractivity contribution >= 4 is 69.6 Å². The molecule has 4 atom stereocenters. The minimum absolute atomic E-state index is 0.187. The Kier molecular flexibility index (Phi) is 4.91. The van der Waals surface area contributed by atoms with E-state index in [1.807, 2.05) is 6.92 Å². The molecule has 24 heavy (non-hydrogen) atoms. The van der Waals surface area contributed by atoms with Gasteiger partial charge in [0.25, 0.3) is 0 Å². The van der Waals surface area contributed by atoms with Gasteiger partial charge in [-0.25, -0.2) is 0 Å². The molecule has 3 rings (SSSR count). The third kappa shape index (κ3) is 2.37. The molecule has 0 radical (unpaired) electrons. The highest BCUT2D eigenvalue weighted by Crippen LogP contribution is 2.74. The van der Waals surface area contributed by atoms with E-state index in [0.29, 0.717) is 12.2 Å². The molecular weight excluding hydrogens is 437 g/mol. The first-order valence-corrected chi connectivity index (χ1v) is 9.49. The average molecular weight is 451 g/mol. The number of rotatable bonds is 4. The largest absolute Gasteiger partial charge is 0.497 e. The van der Waals surface area contributed by atoms with Crippen LogP contribution < -0.4 is 9.47 Å². The average Bonchev–Trinajstić information content (AvgIpc) is 2.77. The highest BCUT2D eigenvalue weighted by Gasteiger charge is 2.79. The van der Waals surface area contributed by atoms with Crippen molar-refractivity contribution in [3.63, 3.8) is 0 Å². The van der Waals surface area contributed by atoms with Crippen molar-refractivity contribution in [3.8, 4) is 11.5 Å². The van der Waals surface area contributed by atoms with E-state index in [1.165, 1.54) is 0 Å². The summed E-state index contributed by atoms with van der Waals surface area (Å²) in [5.41, 5.74) is 0. The lowest BCUT2D eigenvalue weighted by Gasteiger charge is -2.36. The van der Waals surface area contributed by atoms with E-state index < -0.39 is 14.1 Å². The summed E-state index contributed by atoms with van der Waals surface area (Å²) in [5.74, 6) is 1.08. The zero-order chi connectivity index (χ0) is 17.9. The van der Waals surface area contributed by atoms with Crippen LogP contribution >= 0.6 is 69.6 Å². The molecule has 1 saturated carbocycles. The number of alkyl halides is 4. The molecule has 1 fully saturated rings. The lowest BCUT2D eigenvalue weighted by Crippen LogP contribution is -2.47. The summed E-state index contributed by atoms with van der Waals surface area (Å²) in [6.45, 7) is 1.88. The lowest BCUT2D eigenvalue weighted by atomic mass is 9.87. The van der Waals surface area contributed by atoms with Gasteiger partial charge in [-0.1, -0.05) is 46.4 Å². The van der Waals surface area contributed by atoms with Gasteiger partial charge in [0.2, 0.25) is 0 Å². The second-order valence-electron chi connectivity index (χ2n) is 6.02. The summed E-state index contributed by atoms with van der Waals surface area (Å²) < 4.78 is 9.60. The van der Waals surface area contributed by atoms with Crippen LogP contribution in [-0.2, 0) is 0 Å². The molecule has 0 saturated heterocycles. The molecule has 0 spiro atoms. The molecule has 2 aliphatic rings. The van der Waals surface area contributed by atoms with E-state index in [-0.39, 0.29) is 22.1 Å². The lowest BCUT2D eigenvalue weighted by molar-refractivity contribution is 0.139.